The summed E-state index contributed by atoms with van der Waals surface area (Å²) in [6.07, 6.45) is 5.33. The van der Waals surface area contributed by atoms with Crippen molar-refractivity contribution in [1.29, 1.82) is 0 Å². The molecule has 0 aliphatic carbocycles. The van der Waals surface area contributed by atoms with Crippen LogP contribution in [0.25, 0.3) is 16.9 Å². The Balaban J connectivity index is 1.35. The number of pyridine rings is 1. The topological polar surface area (TPSA) is 83.7 Å². The van der Waals surface area contributed by atoms with Crippen LogP contribution in [0, 0.1) is 5.82 Å². The summed E-state index contributed by atoms with van der Waals surface area (Å²) in [4.78, 5) is 38.6. The van der Waals surface area contributed by atoms with E-state index in [9.17, 15) is 14.0 Å². The zero-order chi connectivity index (χ0) is 26.1. The third-order valence-corrected chi connectivity index (χ3v) is 6.75. The Morgan fingerprint density at radius 2 is 1.92 bits per heavy atom. The highest BCUT2D eigenvalue weighted by Crippen LogP contribution is 2.26. The Morgan fingerprint density at radius 3 is 2.59 bits per heavy atom. The SMILES string of the molecule is CC(C)c1cc(-c2ccc(F)cc2)nn2cc(C(=O)N3CCN(C(=O)Cc4cccnc4)[C@@H](C)C3)nc12. The monoisotopic (exact) mass is 500 g/mol. The molecule has 1 aliphatic heterocycles. The van der Waals surface area contributed by atoms with Gasteiger partial charge in [-0.15, -0.1) is 0 Å². The second-order valence-corrected chi connectivity index (χ2v) is 9.77. The van der Waals surface area contributed by atoms with E-state index in [0.29, 0.717) is 43.1 Å². The number of halogens is 1. The van der Waals surface area contributed by atoms with Crippen molar-refractivity contribution in [2.75, 3.05) is 19.6 Å². The number of imidazole rings is 1. The van der Waals surface area contributed by atoms with Gasteiger partial charge >= 0.3 is 0 Å². The minimum absolute atomic E-state index is 0.0272. The molecule has 37 heavy (non-hydrogen) atoms. The van der Waals surface area contributed by atoms with E-state index < -0.39 is 0 Å². The number of aromatic nitrogens is 4. The van der Waals surface area contributed by atoms with Crippen LogP contribution in [-0.4, -0.2) is 66.9 Å². The third-order valence-electron chi connectivity index (χ3n) is 6.75. The van der Waals surface area contributed by atoms with E-state index >= 15 is 0 Å². The molecule has 0 saturated carbocycles. The van der Waals surface area contributed by atoms with Crippen LogP contribution in [0.1, 0.15) is 48.3 Å². The van der Waals surface area contributed by atoms with Gasteiger partial charge in [0.05, 0.1) is 18.3 Å². The van der Waals surface area contributed by atoms with E-state index in [1.54, 1.807) is 40.1 Å². The third kappa shape index (κ3) is 5.07. The molecular weight excluding hydrogens is 471 g/mol. The molecule has 190 valence electrons. The van der Waals surface area contributed by atoms with Crippen molar-refractivity contribution in [2.24, 2.45) is 0 Å². The molecule has 0 radical (unpaired) electrons. The Hall–Kier alpha value is -4.14. The van der Waals surface area contributed by atoms with Gasteiger partial charge in [0.25, 0.3) is 5.91 Å². The number of nitrogens with zero attached hydrogens (tertiary/aromatic N) is 6. The van der Waals surface area contributed by atoms with E-state index in [2.05, 4.69) is 28.9 Å². The first-order valence-electron chi connectivity index (χ1n) is 12.4. The van der Waals surface area contributed by atoms with Gasteiger partial charge in [-0.05, 0) is 54.8 Å². The molecule has 4 aromatic rings. The van der Waals surface area contributed by atoms with Gasteiger partial charge in [0.1, 0.15) is 11.5 Å². The van der Waals surface area contributed by atoms with Crippen LogP contribution >= 0.6 is 0 Å². The van der Waals surface area contributed by atoms with Crippen molar-refractivity contribution in [3.8, 4) is 11.3 Å². The summed E-state index contributed by atoms with van der Waals surface area (Å²) >= 11 is 0. The fraction of sp³-hybridized carbons (Fsp3) is 0.321. The molecule has 1 fully saturated rings. The fourth-order valence-corrected chi connectivity index (χ4v) is 4.74. The lowest BCUT2D eigenvalue weighted by Gasteiger charge is -2.39. The maximum Gasteiger partial charge on any atom is 0.274 e. The Kier molecular flexibility index (Phi) is 6.69. The van der Waals surface area contributed by atoms with Gasteiger partial charge in [0, 0.05) is 49.2 Å². The van der Waals surface area contributed by atoms with Crippen molar-refractivity contribution < 1.29 is 14.0 Å². The Morgan fingerprint density at radius 1 is 1.14 bits per heavy atom. The number of hydrogen-bond donors (Lipinski definition) is 0. The van der Waals surface area contributed by atoms with Gasteiger partial charge in [-0.2, -0.15) is 5.10 Å². The summed E-state index contributed by atoms with van der Waals surface area (Å²) < 4.78 is 15.1. The standard InChI is InChI=1S/C28H29FN6O2/c1-18(2)23-14-24(21-6-8-22(29)9-7-21)32-35-17-25(31-27(23)35)28(37)33-11-12-34(19(3)16-33)26(36)13-20-5-4-10-30-15-20/h4-10,14-15,17-19H,11-13,16H2,1-3H3/t19-/m0/s1. The molecule has 1 saturated heterocycles. The van der Waals surface area contributed by atoms with E-state index in [1.807, 2.05) is 30.0 Å². The number of rotatable bonds is 5. The molecule has 1 atom stereocenters. The van der Waals surface area contributed by atoms with Crippen LogP contribution < -0.4 is 0 Å². The van der Waals surface area contributed by atoms with Crippen molar-refractivity contribution in [2.45, 2.75) is 39.2 Å². The molecule has 0 bridgehead atoms. The maximum absolute atomic E-state index is 13.4. The van der Waals surface area contributed by atoms with Crippen LogP contribution in [0.15, 0.2) is 61.1 Å². The van der Waals surface area contributed by atoms with Crippen LogP contribution in [-0.2, 0) is 11.2 Å². The molecule has 2 amide bonds. The summed E-state index contributed by atoms with van der Waals surface area (Å²) in [5, 5.41) is 4.66. The van der Waals surface area contributed by atoms with E-state index in [1.165, 1.54) is 12.1 Å². The lowest BCUT2D eigenvalue weighted by Crippen LogP contribution is -2.55. The van der Waals surface area contributed by atoms with Crippen LogP contribution in [0.4, 0.5) is 4.39 Å². The molecule has 0 unspecified atom stereocenters. The highest BCUT2D eigenvalue weighted by molar-refractivity contribution is 5.93. The summed E-state index contributed by atoms with van der Waals surface area (Å²) in [6, 6.07) is 11.7. The molecule has 9 heteroatoms. The Labute approximate surface area is 214 Å². The van der Waals surface area contributed by atoms with E-state index in [4.69, 9.17) is 0 Å². The van der Waals surface area contributed by atoms with Crippen molar-refractivity contribution in [3.63, 3.8) is 0 Å². The molecule has 0 spiro atoms. The van der Waals surface area contributed by atoms with Gasteiger partial charge in [-0.3, -0.25) is 14.6 Å². The maximum atomic E-state index is 13.4. The lowest BCUT2D eigenvalue weighted by molar-refractivity contribution is -0.134. The predicted molar refractivity (Wildman–Crippen MR) is 137 cm³/mol. The summed E-state index contributed by atoms with van der Waals surface area (Å²) in [5.41, 5.74) is 4.23. The number of hydrogen-bond acceptors (Lipinski definition) is 5. The highest BCUT2D eigenvalue weighted by Gasteiger charge is 2.31. The van der Waals surface area contributed by atoms with Gasteiger partial charge in [-0.25, -0.2) is 13.9 Å². The average molecular weight is 501 g/mol. The first-order chi connectivity index (χ1) is 17.8. The smallest absolute Gasteiger partial charge is 0.274 e. The first kappa shape index (κ1) is 24.5. The summed E-state index contributed by atoms with van der Waals surface area (Å²) in [6.45, 7) is 7.39. The first-order valence-corrected chi connectivity index (χ1v) is 12.4. The second-order valence-electron chi connectivity index (χ2n) is 9.77. The van der Waals surface area contributed by atoms with Gasteiger partial charge in [0.2, 0.25) is 5.91 Å². The predicted octanol–water partition coefficient (Wildman–Crippen LogP) is 3.97. The molecular formula is C28H29FN6O2. The minimum atomic E-state index is -0.308. The number of piperazine rings is 1. The zero-order valence-electron chi connectivity index (χ0n) is 21.1. The summed E-state index contributed by atoms with van der Waals surface area (Å²) in [5.74, 6) is -0.323. The molecule has 5 rings (SSSR count). The van der Waals surface area contributed by atoms with Crippen LogP contribution in [0.2, 0.25) is 0 Å². The molecule has 8 nitrogen and oxygen atoms in total. The van der Waals surface area contributed by atoms with Crippen LogP contribution in [0.3, 0.4) is 0 Å². The lowest BCUT2D eigenvalue weighted by atomic mass is 10.0. The number of amides is 2. The highest BCUT2D eigenvalue weighted by atomic mass is 19.1. The number of carbonyl (C=O) groups is 2. The number of fused-ring (bicyclic) bond motifs is 1. The number of carbonyl (C=O) groups excluding carboxylic acids is 2. The molecule has 1 aliphatic rings. The van der Waals surface area contributed by atoms with Crippen molar-refractivity contribution in [3.05, 3.63) is 83.7 Å². The fourth-order valence-electron chi connectivity index (χ4n) is 4.74. The van der Waals surface area contributed by atoms with Gasteiger partial charge in [-0.1, -0.05) is 19.9 Å². The van der Waals surface area contributed by atoms with Crippen molar-refractivity contribution in [1.82, 2.24) is 29.4 Å². The molecule has 0 N–H and O–H groups in total. The van der Waals surface area contributed by atoms with Crippen LogP contribution in [0.5, 0.6) is 0 Å². The quantitative estimate of drug-likeness (QED) is 0.414. The molecule has 3 aromatic heterocycles. The number of benzene rings is 1. The van der Waals surface area contributed by atoms with Gasteiger partial charge in [0.15, 0.2) is 5.65 Å². The zero-order valence-corrected chi connectivity index (χ0v) is 21.1. The normalized spacial score (nSPS) is 16.0. The van der Waals surface area contributed by atoms with Gasteiger partial charge < -0.3 is 9.80 Å². The van der Waals surface area contributed by atoms with E-state index in [0.717, 1.165) is 16.7 Å². The summed E-state index contributed by atoms with van der Waals surface area (Å²) in [7, 11) is 0. The second kappa shape index (κ2) is 10.1. The largest absolute Gasteiger partial charge is 0.336 e. The Bertz CT molecular complexity index is 1430. The minimum Gasteiger partial charge on any atom is -0.336 e. The average Bonchev–Trinajstić information content (AvgIpc) is 3.32. The van der Waals surface area contributed by atoms with Crippen molar-refractivity contribution >= 4 is 17.5 Å². The molecule has 4 heterocycles. The molecule has 1 aromatic carbocycles. The van der Waals surface area contributed by atoms with E-state index in [-0.39, 0.29) is 29.6 Å².